The highest BCUT2D eigenvalue weighted by Gasteiger charge is 2.49. The van der Waals surface area contributed by atoms with Gasteiger partial charge in [-0.3, -0.25) is 4.79 Å². The Morgan fingerprint density at radius 3 is 2.61 bits per heavy atom. The minimum Gasteiger partial charge on any atom is -0.481 e. The molecule has 0 amide bonds. The van der Waals surface area contributed by atoms with E-state index in [4.69, 9.17) is 0 Å². The highest BCUT2D eigenvalue weighted by molar-refractivity contribution is 5.74. The van der Waals surface area contributed by atoms with Crippen LogP contribution in [0.15, 0.2) is 59.8 Å². The molecule has 5 heteroatoms. The van der Waals surface area contributed by atoms with Crippen LogP contribution in [-0.4, -0.2) is 44.7 Å². The van der Waals surface area contributed by atoms with Gasteiger partial charge in [0.1, 0.15) is 0 Å². The van der Waals surface area contributed by atoms with Crippen molar-refractivity contribution in [3.05, 3.63) is 59.8 Å². The van der Waals surface area contributed by atoms with Crippen LogP contribution in [0.4, 0.5) is 0 Å². The fourth-order valence-corrected chi connectivity index (χ4v) is 6.01. The first-order chi connectivity index (χ1) is 15.4. The standard InChI is InChI=1S/C28H40O5/c1-17(8-13-25(31)27(3,4)26(32)33)22-11-12-23-19(7-6-14-28(22,23)5)9-10-20-15-21(29)16-24(30)18(20)2/h8-10,13,21-25,29-31H,1-2,6-7,11-12,14-16H2,3-5H3,(H,32,33)/t21-,22-,23+,24+,25+,28-/m1/s1. The van der Waals surface area contributed by atoms with Gasteiger partial charge < -0.3 is 20.4 Å². The van der Waals surface area contributed by atoms with Crippen molar-refractivity contribution in [1.29, 1.82) is 0 Å². The molecule has 3 saturated carbocycles. The van der Waals surface area contributed by atoms with Gasteiger partial charge in [0.2, 0.25) is 0 Å². The molecule has 0 aromatic heterocycles. The largest absolute Gasteiger partial charge is 0.481 e. The van der Waals surface area contributed by atoms with Crippen molar-refractivity contribution in [2.24, 2.45) is 22.7 Å². The van der Waals surface area contributed by atoms with Crippen molar-refractivity contribution in [2.45, 2.75) is 84.0 Å². The Bertz CT molecular complexity index is 892. The quantitative estimate of drug-likeness (QED) is 0.434. The Hall–Kier alpha value is -1.95. The third-order valence-electron chi connectivity index (χ3n) is 8.46. The predicted octanol–water partition coefficient (Wildman–Crippen LogP) is 4.71. The molecule has 3 aliphatic rings. The maximum Gasteiger partial charge on any atom is 0.312 e. The molecule has 3 rings (SSSR count). The van der Waals surface area contributed by atoms with Crippen LogP contribution in [0.1, 0.15) is 65.7 Å². The van der Waals surface area contributed by atoms with Crippen molar-refractivity contribution < 1.29 is 25.2 Å². The maximum atomic E-state index is 11.4. The predicted molar refractivity (Wildman–Crippen MR) is 130 cm³/mol. The normalized spacial score (nSPS) is 36.4. The molecule has 6 atom stereocenters. The average Bonchev–Trinajstić information content (AvgIpc) is 3.10. The van der Waals surface area contributed by atoms with Gasteiger partial charge in [-0.2, -0.15) is 0 Å². The number of carboxylic acid groups (broad SMARTS) is 1. The van der Waals surface area contributed by atoms with E-state index in [2.05, 4.69) is 26.2 Å². The van der Waals surface area contributed by atoms with E-state index in [1.54, 1.807) is 6.08 Å². The second-order valence-electron chi connectivity index (χ2n) is 11.0. The lowest BCUT2D eigenvalue weighted by Gasteiger charge is -2.42. The first kappa shape index (κ1) is 25.7. The molecule has 3 fully saturated rings. The van der Waals surface area contributed by atoms with Crippen LogP contribution in [0.3, 0.4) is 0 Å². The fourth-order valence-electron chi connectivity index (χ4n) is 6.01. The molecular formula is C28H40O5. The van der Waals surface area contributed by atoms with Gasteiger partial charge in [-0.15, -0.1) is 0 Å². The van der Waals surface area contributed by atoms with E-state index < -0.39 is 29.7 Å². The maximum absolute atomic E-state index is 11.4. The van der Waals surface area contributed by atoms with E-state index in [1.165, 1.54) is 19.4 Å². The number of hydrogen-bond donors (Lipinski definition) is 4. The lowest BCUT2D eigenvalue weighted by molar-refractivity contribution is -0.151. The summed E-state index contributed by atoms with van der Waals surface area (Å²) in [5.74, 6) is -0.316. The van der Waals surface area contributed by atoms with Crippen LogP contribution in [0.5, 0.6) is 0 Å². The number of carbonyl (C=O) groups is 1. The summed E-state index contributed by atoms with van der Waals surface area (Å²) in [4.78, 5) is 11.4. The molecule has 33 heavy (non-hydrogen) atoms. The second kappa shape index (κ2) is 9.73. The Morgan fingerprint density at radius 1 is 1.24 bits per heavy atom. The zero-order chi connectivity index (χ0) is 24.6. The van der Waals surface area contributed by atoms with E-state index in [1.807, 2.05) is 12.2 Å². The fraction of sp³-hybridized carbons (Fsp3) is 0.607. The minimum absolute atomic E-state index is 0.0693. The van der Waals surface area contributed by atoms with E-state index in [0.717, 1.165) is 43.3 Å². The number of carboxylic acids is 1. The van der Waals surface area contributed by atoms with E-state index in [9.17, 15) is 25.2 Å². The number of fused-ring (bicyclic) bond motifs is 1. The number of aliphatic carboxylic acids is 1. The van der Waals surface area contributed by atoms with Crippen molar-refractivity contribution in [1.82, 2.24) is 0 Å². The lowest BCUT2D eigenvalue weighted by atomic mass is 9.62. The van der Waals surface area contributed by atoms with Gasteiger partial charge in [0.25, 0.3) is 0 Å². The van der Waals surface area contributed by atoms with E-state index >= 15 is 0 Å². The van der Waals surface area contributed by atoms with Gasteiger partial charge in [-0.1, -0.05) is 55.5 Å². The van der Waals surface area contributed by atoms with E-state index in [0.29, 0.717) is 24.3 Å². The number of rotatable bonds is 6. The zero-order valence-corrected chi connectivity index (χ0v) is 20.3. The molecule has 0 aromatic carbocycles. The van der Waals surface area contributed by atoms with Crippen LogP contribution in [-0.2, 0) is 4.79 Å². The molecule has 0 spiro atoms. The molecule has 4 N–H and O–H groups in total. The third kappa shape index (κ3) is 5.11. The van der Waals surface area contributed by atoms with Crippen LogP contribution in [0.25, 0.3) is 0 Å². The SMILES string of the molecule is C=C(C=C[C@H](O)C(C)(C)C(=O)O)[C@H]1CC[C@H]2C(=CC=C3C[C@@H](O)C[C@H](O)C3=C)CCC[C@]12C. The van der Waals surface area contributed by atoms with Gasteiger partial charge in [0, 0.05) is 6.42 Å². The van der Waals surface area contributed by atoms with Gasteiger partial charge in [0.15, 0.2) is 0 Å². The Kier molecular flexibility index (Phi) is 7.57. The minimum atomic E-state index is -1.25. The molecule has 0 heterocycles. The molecular weight excluding hydrogens is 416 g/mol. The van der Waals surface area contributed by atoms with Crippen LogP contribution >= 0.6 is 0 Å². The summed E-state index contributed by atoms with van der Waals surface area (Å²) < 4.78 is 0. The molecule has 0 saturated heterocycles. The van der Waals surface area contributed by atoms with Gasteiger partial charge in [-0.25, -0.2) is 0 Å². The molecule has 0 radical (unpaired) electrons. The highest BCUT2D eigenvalue weighted by atomic mass is 16.4. The molecule has 0 bridgehead atoms. The summed E-state index contributed by atoms with van der Waals surface area (Å²) in [6, 6.07) is 0. The summed E-state index contributed by atoms with van der Waals surface area (Å²) in [5.41, 5.74) is 2.81. The number of aliphatic hydroxyl groups excluding tert-OH is 3. The molecule has 182 valence electrons. The summed E-state index contributed by atoms with van der Waals surface area (Å²) >= 11 is 0. The molecule has 0 unspecified atom stereocenters. The van der Waals surface area contributed by atoms with Crippen LogP contribution < -0.4 is 0 Å². The van der Waals surface area contributed by atoms with Gasteiger partial charge in [-0.05, 0) is 80.8 Å². The van der Waals surface area contributed by atoms with Crippen LogP contribution in [0.2, 0.25) is 0 Å². The highest BCUT2D eigenvalue weighted by Crippen LogP contribution is 2.59. The molecule has 0 aliphatic heterocycles. The van der Waals surface area contributed by atoms with Gasteiger partial charge in [0.05, 0.1) is 23.7 Å². The summed E-state index contributed by atoms with van der Waals surface area (Å²) in [6.45, 7) is 13.7. The molecule has 3 aliphatic carbocycles. The number of hydrogen-bond acceptors (Lipinski definition) is 4. The van der Waals surface area contributed by atoms with Crippen molar-refractivity contribution in [2.75, 3.05) is 0 Å². The Balaban J connectivity index is 1.76. The Labute approximate surface area is 197 Å². The first-order valence-corrected chi connectivity index (χ1v) is 12.1. The van der Waals surface area contributed by atoms with Crippen LogP contribution in [0, 0.1) is 22.7 Å². The average molecular weight is 457 g/mol. The van der Waals surface area contributed by atoms with E-state index in [-0.39, 0.29) is 11.3 Å². The first-order valence-electron chi connectivity index (χ1n) is 12.1. The summed E-state index contributed by atoms with van der Waals surface area (Å²) in [5, 5.41) is 39.9. The zero-order valence-electron chi connectivity index (χ0n) is 20.3. The number of allylic oxidation sites excluding steroid dienone is 5. The topological polar surface area (TPSA) is 98.0 Å². The Morgan fingerprint density at radius 2 is 1.94 bits per heavy atom. The van der Waals surface area contributed by atoms with Crippen molar-refractivity contribution in [3.63, 3.8) is 0 Å². The lowest BCUT2D eigenvalue weighted by Crippen LogP contribution is -2.36. The van der Waals surface area contributed by atoms with Gasteiger partial charge >= 0.3 is 5.97 Å². The summed E-state index contributed by atoms with van der Waals surface area (Å²) in [7, 11) is 0. The number of aliphatic hydroxyl groups is 3. The smallest absolute Gasteiger partial charge is 0.312 e. The second-order valence-corrected chi connectivity index (χ2v) is 11.0. The van der Waals surface area contributed by atoms with Crippen molar-refractivity contribution >= 4 is 5.97 Å². The molecule has 0 aromatic rings. The van der Waals surface area contributed by atoms with Crippen molar-refractivity contribution in [3.8, 4) is 0 Å². The molecule has 5 nitrogen and oxygen atoms in total. The monoisotopic (exact) mass is 456 g/mol. The summed E-state index contributed by atoms with van der Waals surface area (Å²) in [6.07, 6.45) is 11.5. The third-order valence-corrected chi connectivity index (χ3v) is 8.46.